The van der Waals surface area contributed by atoms with E-state index in [0.29, 0.717) is 12.2 Å². The molecule has 1 aromatic carbocycles. The van der Waals surface area contributed by atoms with Crippen LogP contribution in [0.5, 0.6) is 0 Å². The molecular weight excluding hydrogens is 306 g/mol. The SMILES string of the molecule is C[C@@H](c1ccccc1)N(C)C(=O)CS[C@H]1CCS(=O)(=O)C1. The first-order chi connectivity index (χ1) is 9.89. The average Bonchev–Trinajstić information content (AvgIpc) is 2.83. The van der Waals surface area contributed by atoms with E-state index in [-0.39, 0.29) is 28.7 Å². The Hall–Kier alpha value is -1.01. The normalized spacial score (nSPS) is 21.9. The summed E-state index contributed by atoms with van der Waals surface area (Å²) >= 11 is 1.46. The number of thioether (sulfide) groups is 1. The first kappa shape index (κ1) is 16.4. The summed E-state index contributed by atoms with van der Waals surface area (Å²) in [7, 11) is -1.07. The number of rotatable bonds is 5. The van der Waals surface area contributed by atoms with Crippen molar-refractivity contribution in [3.8, 4) is 0 Å². The van der Waals surface area contributed by atoms with E-state index in [1.807, 2.05) is 37.3 Å². The molecule has 0 aliphatic carbocycles. The minimum absolute atomic E-state index is 0.0200. The van der Waals surface area contributed by atoms with Gasteiger partial charge in [-0.1, -0.05) is 30.3 Å². The molecule has 1 fully saturated rings. The highest BCUT2D eigenvalue weighted by atomic mass is 32.2. The molecule has 0 saturated carbocycles. The smallest absolute Gasteiger partial charge is 0.232 e. The van der Waals surface area contributed by atoms with Crippen molar-refractivity contribution in [3.05, 3.63) is 35.9 Å². The summed E-state index contributed by atoms with van der Waals surface area (Å²) in [6.45, 7) is 2.00. The summed E-state index contributed by atoms with van der Waals surface area (Å²) in [5.41, 5.74) is 1.10. The van der Waals surface area contributed by atoms with E-state index in [2.05, 4.69) is 0 Å². The summed E-state index contributed by atoms with van der Waals surface area (Å²) < 4.78 is 22.8. The molecular formula is C15H21NO3S2. The third-order valence-corrected chi connectivity index (χ3v) is 7.16. The molecule has 1 saturated heterocycles. The van der Waals surface area contributed by atoms with Gasteiger partial charge in [0.1, 0.15) is 0 Å². The van der Waals surface area contributed by atoms with Crippen molar-refractivity contribution < 1.29 is 13.2 Å². The molecule has 0 radical (unpaired) electrons. The highest BCUT2D eigenvalue weighted by molar-refractivity contribution is 8.02. The lowest BCUT2D eigenvalue weighted by Crippen LogP contribution is -2.31. The Bertz CT molecular complexity index is 586. The van der Waals surface area contributed by atoms with Gasteiger partial charge in [-0.15, -0.1) is 11.8 Å². The van der Waals surface area contributed by atoms with Crippen molar-refractivity contribution in [1.82, 2.24) is 4.90 Å². The van der Waals surface area contributed by atoms with Gasteiger partial charge in [0.05, 0.1) is 23.3 Å². The zero-order valence-corrected chi connectivity index (χ0v) is 14.0. The monoisotopic (exact) mass is 327 g/mol. The third kappa shape index (κ3) is 4.48. The topological polar surface area (TPSA) is 54.5 Å². The molecule has 4 nitrogen and oxygen atoms in total. The Labute approximate surface area is 130 Å². The van der Waals surface area contributed by atoms with Crippen molar-refractivity contribution in [3.63, 3.8) is 0 Å². The number of carbonyl (C=O) groups excluding carboxylic acids is 1. The van der Waals surface area contributed by atoms with Crippen LogP contribution in [-0.2, 0) is 14.6 Å². The molecule has 21 heavy (non-hydrogen) atoms. The fourth-order valence-electron chi connectivity index (χ4n) is 2.35. The Morgan fingerprint density at radius 1 is 1.38 bits per heavy atom. The van der Waals surface area contributed by atoms with Crippen LogP contribution in [0.3, 0.4) is 0 Å². The summed E-state index contributed by atoms with van der Waals surface area (Å²) in [5, 5.41) is 0.0689. The molecule has 2 atom stereocenters. The predicted molar refractivity (Wildman–Crippen MR) is 87.1 cm³/mol. The fourth-order valence-corrected chi connectivity index (χ4v) is 5.92. The molecule has 0 unspecified atom stereocenters. The molecule has 0 bridgehead atoms. The summed E-state index contributed by atoms with van der Waals surface area (Å²) in [4.78, 5) is 14.0. The van der Waals surface area contributed by atoms with Crippen LogP contribution < -0.4 is 0 Å². The van der Waals surface area contributed by atoms with Crippen molar-refractivity contribution in [2.75, 3.05) is 24.3 Å². The van der Waals surface area contributed by atoms with Crippen molar-refractivity contribution >= 4 is 27.5 Å². The van der Waals surface area contributed by atoms with E-state index in [1.54, 1.807) is 11.9 Å². The van der Waals surface area contributed by atoms with Crippen LogP contribution in [0, 0.1) is 0 Å². The Morgan fingerprint density at radius 3 is 2.62 bits per heavy atom. The van der Waals surface area contributed by atoms with Crippen molar-refractivity contribution in [2.24, 2.45) is 0 Å². The quantitative estimate of drug-likeness (QED) is 0.831. The predicted octanol–water partition coefficient (Wildman–Crippen LogP) is 2.13. The van der Waals surface area contributed by atoms with Crippen LogP contribution in [0.4, 0.5) is 0 Å². The largest absolute Gasteiger partial charge is 0.338 e. The minimum Gasteiger partial charge on any atom is -0.338 e. The number of hydrogen-bond acceptors (Lipinski definition) is 4. The Morgan fingerprint density at radius 2 is 2.05 bits per heavy atom. The molecule has 116 valence electrons. The van der Waals surface area contributed by atoms with Crippen LogP contribution in [0.2, 0.25) is 0 Å². The van der Waals surface area contributed by atoms with Gasteiger partial charge in [-0.05, 0) is 18.9 Å². The van der Waals surface area contributed by atoms with Gasteiger partial charge in [-0.3, -0.25) is 4.79 Å². The highest BCUT2D eigenvalue weighted by Crippen LogP contribution is 2.25. The lowest BCUT2D eigenvalue weighted by atomic mass is 10.1. The lowest BCUT2D eigenvalue weighted by Gasteiger charge is -2.25. The molecule has 1 aromatic rings. The Balaban J connectivity index is 1.86. The second-order valence-corrected chi connectivity index (χ2v) is 8.94. The first-order valence-corrected chi connectivity index (χ1v) is 9.89. The maximum atomic E-state index is 12.2. The van der Waals surface area contributed by atoms with Gasteiger partial charge in [-0.2, -0.15) is 0 Å². The van der Waals surface area contributed by atoms with Gasteiger partial charge in [-0.25, -0.2) is 8.42 Å². The van der Waals surface area contributed by atoms with Crippen LogP contribution in [0.25, 0.3) is 0 Å². The van der Waals surface area contributed by atoms with Gasteiger partial charge in [0.2, 0.25) is 5.91 Å². The average molecular weight is 327 g/mol. The molecule has 6 heteroatoms. The van der Waals surface area contributed by atoms with E-state index in [1.165, 1.54) is 11.8 Å². The molecule has 1 aliphatic rings. The highest BCUT2D eigenvalue weighted by Gasteiger charge is 2.29. The number of amides is 1. The van der Waals surface area contributed by atoms with E-state index in [0.717, 1.165) is 5.56 Å². The molecule has 0 N–H and O–H groups in total. The third-order valence-electron chi connectivity index (χ3n) is 3.89. The summed E-state index contributed by atoms with van der Waals surface area (Å²) in [5.74, 6) is 0.854. The van der Waals surface area contributed by atoms with Gasteiger partial charge in [0, 0.05) is 12.3 Å². The summed E-state index contributed by atoms with van der Waals surface area (Å²) in [6.07, 6.45) is 0.665. The van der Waals surface area contributed by atoms with E-state index < -0.39 is 9.84 Å². The van der Waals surface area contributed by atoms with Crippen LogP contribution in [0.15, 0.2) is 30.3 Å². The number of benzene rings is 1. The maximum absolute atomic E-state index is 12.2. The van der Waals surface area contributed by atoms with E-state index >= 15 is 0 Å². The molecule has 2 rings (SSSR count). The van der Waals surface area contributed by atoms with Gasteiger partial charge in [0.25, 0.3) is 0 Å². The van der Waals surface area contributed by atoms with Crippen LogP contribution in [0.1, 0.15) is 24.9 Å². The minimum atomic E-state index is -2.87. The van der Waals surface area contributed by atoms with Gasteiger partial charge >= 0.3 is 0 Å². The summed E-state index contributed by atoms with van der Waals surface area (Å²) in [6, 6.07) is 9.90. The molecule has 0 spiro atoms. The van der Waals surface area contributed by atoms with Crippen molar-refractivity contribution in [1.29, 1.82) is 0 Å². The zero-order chi connectivity index (χ0) is 15.5. The van der Waals surface area contributed by atoms with Crippen molar-refractivity contribution in [2.45, 2.75) is 24.6 Å². The maximum Gasteiger partial charge on any atom is 0.232 e. The van der Waals surface area contributed by atoms with E-state index in [4.69, 9.17) is 0 Å². The molecule has 1 amide bonds. The lowest BCUT2D eigenvalue weighted by molar-refractivity contribution is -0.128. The van der Waals surface area contributed by atoms with Gasteiger partial charge < -0.3 is 4.90 Å². The standard InChI is InChI=1S/C15H21NO3S2/c1-12(13-6-4-3-5-7-13)16(2)15(17)10-20-14-8-9-21(18,19)11-14/h3-7,12,14H,8-11H2,1-2H3/t12-,14-/m0/s1. The van der Waals surface area contributed by atoms with Crippen LogP contribution >= 0.6 is 11.8 Å². The van der Waals surface area contributed by atoms with E-state index in [9.17, 15) is 13.2 Å². The first-order valence-electron chi connectivity index (χ1n) is 7.01. The molecule has 1 heterocycles. The number of hydrogen-bond donors (Lipinski definition) is 0. The van der Waals surface area contributed by atoms with Crippen LogP contribution in [-0.4, -0.2) is 48.8 Å². The number of sulfone groups is 1. The number of carbonyl (C=O) groups is 1. The second kappa shape index (κ2) is 6.83. The Kier molecular flexibility index (Phi) is 5.32. The number of nitrogens with zero attached hydrogens (tertiary/aromatic N) is 1. The molecule has 1 aliphatic heterocycles. The molecule has 0 aromatic heterocycles. The van der Waals surface area contributed by atoms with Gasteiger partial charge in [0.15, 0.2) is 9.84 Å². The fraction of sp³-hybridized carbons (Fsp3) is 0.533. The second-order valence-electron chi connectivity index (χ2n) is 5.43. The zero-order valence-electron chi connectivity index (χ0n) is 12.4.